The number of aliphatic imine (C=N–C) groups is 2. The number of primary amides is 1. The fourth-order valence-electron chi connectivity index (χ4n) is 4.91. The average molecular weight is 616 g/mol. The van der Waals surface area contributed by atoms with Gasteiger partial charge in [-0.15, -0.1) is 0 Å². The SMILES string of the molecule is CC(=O)N[C@@H](Cc1ccccc1)C(=O)N[C@@H](CCCN=C(N)N)C(=O)N[C@@H](CCCN=C(N)N)C(=O)N1CCC[C@H]1C(N)=O. The summed E-state index contributed by atoms with van der Waals surface area (Å²) in [6, 6.07) is 5.17. The third-order valence-electron chi connectivity index (χ3n) is 6.98. The van der Waals surface area contributed by atoms with Gasteiger partial charge in [-0.2, -0.15) is 0 Å². The molecule has 0 aliphatic carbocycles. The van der Waals surface area contributed by atoms with Gasteiger partial charge in [0.1, 0.15) is 24.2 Å². The fourth-order valence-corrected chi connectivity index (χ4v) is 4.91. The van der Waals surface area contributed by atoms with E-state index in [1.807, 2.05) is 30.3 Å². The van der Waals surface area contributed by atoms with Crippen LogP contribution in [0.5, 0.6) is 0 Å². The lowest BCUT2D eigenvalue weighted by Crippen LogP contribution is -2.58. The maximum atomic E-state index is 13.7. The molecule has 16 heteroatoms. The molecule has 1 aromatic rings. The van der Waals surface area contributed by atoms with Crippen molar-refractivity contribution in [3.63, 3.8) is 0 Å². The number of rotatable bonds is 17. The number of amides is 5. The molecule has 1 fully saturated rings. The summed E-state index contributed by atoms with van der Waals surface area (Å²) < 4.78 is 0. The number of likely N-dealkylation sites (tertiary alicyclic amines) is 1. The van der Waals surface area contributed by atoms with Crippen LogP contribution >= 0.6 is 0 Å². The maximum absolute atomic E-state index is 13.7. The molecule has 1 aliphatic rings. The minimum atomic E-state index is -1.11. The third kappa shape index (κ3) is 12.1. The lowest BCUT2D eigenvalue weighted by molar-refractivity contribution is -0.141. The van der Waals surface area contributed by atoms with Gasteiger partial charge in [0.2, 0.25) is 29.5 Å². The van der Waals surface area contributed by atoms with E-state index >= 15 is 0 Å². The molecule has 0 spiro atoms. The summed E-state index contributed by atoms with van der Waals surface area (Å²) in [6.45, 7) is 2.00. The van der Waals surface area contributed by atoms with Crippen LogP contribution in [0.1, 0.15) is 51.0 Å². The van der Waals surface area contributed by atoms with Crippen molar-refractivity contribution in [2.45, 2.75) is 76.0 Å². The van der Waals surface area contributed by atoms with E-state index in [1.54, 1.807) is 0 Å². The van der Waals surface area contributed by atoms with Gasteiger partial charge in [0.25, 0.3) is 0 Å². The third-order valence-corrected chi connectivity index (χ3v) is 6.98. The van der Waals surface area contributed by atoms with Crippen molar-refractivity contribution in [2.24, 2.45) is 38.7 Å². The van der Waals surface area contributed by atoms with Crippen LogP contribution in [0.4, 0.5) is 0 Å². The van der Waals surface area contributed by atoms with E-state index in [1.165, 1.54) is 11.8 Å². The highest BCUT2D eigenvalue weighted by Gasteiger charge is 2.37. The Labute approximate surface area is 256 Å². The first kappa shape index (κ1) is 35.3. The minimum Gasteiger partial charge on any atom is -0.370 e. The Morgan fingerprint density at radius 2 is 1.36 bits per heavy atom. The van der Waals surface area contributed by atoms with Gasteiger partial charge in [-0.3, -0.25) is 34.0 Å². The molecule has 44 heavy (non-hydrogen) atoms. The maximum Gasteiger partial charge on any atom is 0.245 e. The number of carbonyl (C=O) groups excluding carboxylic acids is 5. The number of nitrogens with zero attached hydrogens (tertiary/aromatic N) is 3. The first-order chi connectivity index (χ1) is 20.9. The molecule has 2 rings (SSSR count). The number of guanidine groups is 2. The largest absolute Gasteiger partial charge is 0.370 e. The molecule has 1 aliphatic heterocycles. The lowest BCUT2D eigenvalue weighted by Gasteiger charge is -2.29. The Morgan fingerprint density at radius 3 is 1.91 bits per heavy atom. The van der Waals surface area contributed by atoms with Gasteiger partial charge in [0.15, 0.2) is 11.9 Å². The highest BCUT2D eigenvalue weighted by molar-refractivity contribution is 5.95. The van der Waals surface area contributed by atoms with E-state index in [0.717, 1.165) is 5.56 Å². The Bertz CT molecular complexity index is 1200. The van der Waals surface area contributed by atoms with Crippen LogP contribution in [0.25, 0.3) is 0 Å². The van der Waals surface area contributed by atoms with Crippen molar-refractivity contribution in [3.8, 4) is 0 Å². The fraction of sp³-hybridized carbons (Fsp3) is 0.536. The van der Waals surface area contributed by atoms with Crippen LogP contribution in [0.15, 0.2) is 40.3 Å². The zero-order valence-electron chi connectivity index (χ0n) is 25.0. The summed E-state index contributed by atoms with van der Waals surface area (Å²) in [5.41, 5.74) is 28.0. The molecular weight excluding hydrogens is 570 g/mol. The summed E-state index contributed by atoms with van der Waals surface area (Å²) in [7, 11) is 0. The average Bonchev–Trinajstić information content (AvgIpc) is 3.46. The lowest BCUT2D eigenvalue weighted by atomic mass is 10.0. The van der Waals surface area contributed by atoms with Crippen LogP contribution in [-0.2, 0) is 30.4 Å². The highest BCUT2D eigenvalue weighted by atomic mass is 16.2. The first-order valence-corrected chi connectivity index (χ1v) is 14.5. The second kappa shape index (κ2) is 17.9. The summed E-state index contributed by atoms with van der Waals surface area (Å²) in [5, 5.41) is 8.10. The van der Waals surface area contributed by atoms with E-state index < -0.39 is 53.7 Å². The molecule has 16 nitrogen and oxygen atoms in total. The number of hydrogen-bond donors (Lipinski definition) is 8. The Morgan fingerprint density at radius 1 is 0.818 bits per heavy atom. The first-order valence-electron chi connectivity index (χ1n) is 14.5. The predicted molar refractivity (Wildman–Crippen MR) is 165 cm³/mol. The smallest absolute Gasteiger partial charge is 0.245 e. The molecule has 4 atom stereocenters. The van der Waals surface area contributed by atoms with Crippen LogP contribution in [0.3, 0.4) is 0 Å². The normalized spacial score (nSPS) is 16.1. The van der Waals surface area contributed by atoms with Crippen LogP contribution in [-0.4, -0.2) is 90.2 Å². The number of nitrogens with two attached hydrogens (primary N) is 5. The molecule has 1 aromatic carbocycles. The molecule has 0 saturated carbocycles. The summed E-state index contributed by atoms with van der Waals surface area (Å²) in [4.78, 5) is 73.8. The van der Waals surface area contributed by atoms with Gasteiger partial charge in [0, 0.05) is 33.0 Å². The molecule has 13 N–H and O–H groups in total. The van der Waals surface area contributed by atoms with Gasteiger partial charge in [-0.25, -0.2) is 0 Å². The van der Waals surface area contributed by atoms with E-state index in [-0.39, 0.29) is 44.3 Å². The van der Waals surface area contributed by atoms with Gasteiger partial charge in [-0.1, -0.05) is 30.3 Å². The molecular formula is C28H45N11O5. The standard InChI is InChI=1S/C28H45N11O5/c1-17(40)36-21(16-18-8-3-2-4-9-18)25(43)37-19(10-5-13-34-27(30)31)24(42)38-20(11-6-14-35-28(32)33)26(44)39-15-7-12-22(39)23(29)41/h2-4,8-9,19-22H,5-7,10-16H2,1H3,(H2,29,41)(H,36,40)(H,37,43)(H,38,42)(H4,30,31,34)(H4,32,33,35)/t19-,20-,21-,22-/m0/s1. The van der Waals surface area contributed by atoms with E-state index in [0.29, 0.717) is 32.2 Å². The van der Waals surface area contributed by atoms with Gasteiger partial charge in [0.05, 0.1) is 0 Å². The number of nitrogens with one attached hydrogen (secondary N) is 3. The topological polar surface area (TPSA) is 280 Å². The van der Waals surface area contributed by atoms with Crippen LogP contribution < -0.4 is 44.6 Å². The quantitative estimate of drug-likeness (QED) is 0.0513. The van der Waals surface area contributed by atoms with Crippen molar-refractivity contribution in [2.75, 3.05) is 19.6 Å². The zero-order valence-corrected chi connectivity index (χ0v) is 25.0. The number of carbonyl (C=O) groups is 5. The van der Waals surface area contributed by atoms with E-state index in [9.17, 15) is 24.0 Å². The Hall–Kier alpha value is -4.89. The zero-order chi connectivity index (χ0) is 32.6. The van der Waals surface area contributed by atoms with Crippen molar-refractivity contribution in [1.29, 1.82) is 0 Å². The Balaban J connectivity index is 2.28. The monoisotopic (exact) mass is 615 g/mol. The Kier molecular flexibility index (Phi) is 14.4. The molecule has 5 amide bonds. The minimum absolute atomic E-state index is 0.113. The second-order valence-electron chi connectivity index (χ2n) is 10.6. The number of benzene rings is 1. The highest BCUT2D eigenvalue weighted by Crippen LogP contribution is 2.19. The molecule has 1 saturated heterocycles. The van der Waals surface area contributed by atoms with Crippen molar-refractivity contribution in [1.82, 2.24) is 20.9 Å². The molecule has 242 valence electrons. The molecule has 0 radical (unpaired) electrons. The van der Waals surface area contributed by atoms with Gasteiger partial charge in [-0.05, 0) is 44.1 Å². The van der Waals surface area contributed by atoms with E-state index in [2.05, 4.69) is 25.9 Å². The molecule has 1 heterocycles. The molecule has 0 aromatic heterocycles. The predicted octanol–water partition coefficient (Wildman–Crippen LogP) is -2.71. The van der Waals surface area contributed by atoms with Crippen molar-refractivity contribution >= 4 is 41.5 Å². The second-order valence-corrected chi connectivity index (χ2v) is 10.6. The summed E-state index contributed by atoms with van der Waals surface area (Å²) in [6.07, 6.45) is 2.12. The van der Waals surface area contributed by atoms with Crippen molar-refractivity contribution < 1.29 is 24.0 Å². The van der Waals surface area contributed by atoms with Gasteiger partial charge < -0.3 is 49.5 Å². The summed E-state index contributed by atoms with van der Waals surface area (Å²) >= 11 is 0. The summed E-state index contributed by atoms with van der Waals surface area (Å²) in [5.74, 6) is -2.99. The molecule has 0 unspecified atom stereocenters. The molecule has 0 bridgehead atoms. The van der Waals surface area contributed by atoms with E-state index in [4.69, 9.17) is 28.7 Å². The number of hydrogen-bond acceptors (Lipinski definition) is 7. The van der Waals surface area contributed by atoms with Crippen LogP contribution in [0.2, 0.25) is 0 Å². The van der Waals surface area contributed by atoms with Crippen LogP contribution in [0, 0.1) is 0 Å². The van der Waals surface area contributed by atoms with Crippen molar-refractivity contribution in [3.05, 3.63) is 35.9 Å². The van der Waals surface area contributed by atoms with Gasteiger partial charge >= 0.3 is 0 Å².